The Labute approximate surface area is 91.3 Å². The summed E-state index contributed by atoms with van der Waals surface area (Å²) >= 11 is 0. The van der Waals surface area contributed by atoms with Crippen molar-refractivity contribution in [3.05, 3.63) is 36.1 Å². The zero-order valence-electron chi connectivity index (χ0n) is 9.24. The number of rotatable bonds is 3. The molecule has 0 radical (unpaired) electrons. The number of hydrogen-bond donors (Lipinski definition) is 0. The molecule has 82 valence electrons. The molecule has 2 heteroatoms. The highest BCUT2D eigenvalue weighted by atomic mass is 16.7. The SMILES string of the molecule is CCC/C=C/C=C1\C=CC2(CCCO2)O1. The third-order valence-corrected chi connectivity index (χ3v) is 2.66. The van der Waals surface area contributed by atoms with Crippen LogP contribution in [0.4, 0.5) is 0 Å². The first kappa shape index (κ1) is 10.5. The van der Waals surface area contributed by atoms with Crippen LogP contribution in [0.15, 0.2) is 36.1 Å². The van der Waals surface area contributed by atoms with Crippen LogP contribution in [-0.4, -0.2) is 12.4 Å². The second-order valence-electron chi connectivity index (χ2n) is 3.99. The maximum absolute atomic E-state index is 5.77. The smallest absolute Gasteiger partial charge is 0.230 e. The van der Waals surface area contributed by atoms with E-state index in [1.165, 1.54) is 6.42 Å². The van der Waals surface area contributed by atoms with Gasteiger partial charge in [-0.25, -0.2) is 0 Å². The van der Waals surface area contributed by atoms with Gasteiger partial charge in [0.2, 0.25) is 5.79 Å². The van der Waals surface area contributed by atoms with Crippen molar-refractivity contribution in [2.24, 2.45) is 0 Å². The molecule has 2 rings (SSSR count). The van der Waals surface area contributed by atoms with Crippen LogP contribution in [0.25, 0.3) is 0 Å². The predicted molar refractivity (Wildman–Crippen MR) is 60.3 cm³/mol. The molecule has 1 unspecified atom stereocenters. The fourth-order valence-corrected chi connectivity index (χ4v) is 1.84. The Hall–Kier alpha value is -1.02. The fourth-order valence-electron chi connectivity index (χ4n) is 1.84. The summed E-state index contributed by atoms with van der Waals surface area (Å²) in [6, 6.07) is 0. The van der Waals surface area contributed by atoms with Gasteiger partial charge >= 0.3 is 0 Å². The minimum Gasteiger partial charge on any atom is -0.459 e. The summed E-state index contributed by atoms with van der Waals surface area (Å²) in [6.45, 7) is 2.98. The molecule has 0 aromatic heterocycles. The molecular weight excluding hydrogens is 188 g/mol. The Bertz CT molecular complexity index is 294. The predicted octanol–water partition coefficient (Wildman–Crippen LogP) is 3.32. The molecule has 0 aliphatic carbocycles. The summed E-state index contributed by atoms with van der Waals surface area (Å²) in [5.74, 6) is 0.481. The number of hydrogen-bond acceptors (Lipinski definition) is 2. The van der Waals surface area contributed by atoms with Crippen LogP contribution < -0.4 is 0 Å². The lowest BCUT2D eigenvalue weighted by molar-refractivity contribution is -0.135. The van der Waals surface area contributed by atoms with Crippen LogP contribution in [0.1, 0.15) is 32.6 Å². The van der Waals surface area contributed by atoms with E-state index in [4.69, 9.17) is 9.47 Å². The molecule has 0 amide bonds. The molecule has 2 aliphatic heterocycles. The molecule has 2 aliphatic rings. The lowest BCUT2D eigenvalue weighted by atomic mass is 10.2. The highest BCUT2D eigenvalue weighted by molar-refractivity contribution is 5.26. The van der Waals surface area contributed by atoms with Crippen molar-refractivity contribution in [2.45, 2.75) is 38.4 Å². The van der Waals surface area contributed by atoms with Crippen LogP contribution in [0.3, 0.4) is 0 Å². The maximum Gasteiger partial charge on any atom is 0.230 e. The molecule has 0 N–H and O–H groups in total. The topological polar surface area (TPSA) is 18.5 Å². The van der Waals surface area contributed by atoms with Crippen molar-refractivity contribution >= 4 is 0 Å². The molecule has 0 aromatic carbocycles. The van der Waals surface area contributed by atoms with Crippen molar-refractivity contribution in [1.29, 1.82) is 0 Å². The Kier molecular flexibility index (Phi) is 3.27. The van der Waals surface area contributed by atoms with E-state index in [2.05, 4.69) is 19.1 Å². The van der Waals surface area contributed by atoms with Crippen molar-refractivity contribution in [3.8, 4) is 0 Å². The summed E-state index contributed by atoms with van der Waals surface area (Å²) in [5.41, 5.74) is 0. The van der Waals surface area contributed by atoms with E-state index >= 15 is 0 Å². The molecule has 15 heavy (non-hydrogen) atoms. The normalized spacial score (nSPS) is 32.2. The minimum absolute atomic E-state index is 0.426. The van der Waals surface area contributed by atoms with Crippen molar-refractivity contribution in [3.63, 3.8) is 0 Å². The zero-order valence-corrected chi connectivity index (χ0v) is 9.24. The van der Waals surface area contributed by atoms with E-state index in [-0.39, 0.29) is 0 Å². The van der Waals surface area contributed by atoms with Crippen molar-refractivity contribution in [2.75, 3.05) is 6.61 Å². The van der Waals surface area contributed by atoms with Gasteiger partial charge in [0.05, 0.1) is 6.61 Å². The van der Waals surface area contributed by atoms with Crippen LogP contribution in [0.2, 0.25) is 0 Å². The third kappa shape index (κ3) is 2.51. The first-order valence-corrected chi connectivity index (χ1v) is 5.74. The molecule has 1 spiro atoms. The quantitative estimate of drug-likeness (QED) is 0.705. The van der Waals surface area contributed by atoms with Crippen molar-refractivity contribution in [1.82, 2.24) is 0 Å². The van der Waals surface area contributed by atoms with Gasteiger partial charge in [-0.15, -0.1) is 0 Å². The second-order valence-corrected chi connectivity index (χ2v) is 3.99. The highest BCUT2D eigenvalue weighted by Crippen LogP contribution is 2.35. The van der Waals surface area contributed by atoms with Crippen LogP contribution >= 0.6 is 0 Å². The van der Waals surface area contributed by atoms with E-state index in [1.54, 1.807) is 0 Å². The maximum atomic E-state index is 5.77. The summed E-state index contributed by atoms with van der Waals surface area (Å²) in [6.07, 6.45) is 14.6. The van der Waals surface area contributed by atoms with Gasteiger partial charge < -0.3 is 9.47 Å². The molecule has 1 saturated heterocycles. The highest BCUT2D eigenvalue weighted by Gasteiger charge is 2.38. The zero-order chi connectivity index (χ0) is 10.6. The van der Waals surface area contributed by atoms with Gasteiger partial charge in [0.15, 0.2) is 0 Å². The van der Waals surface area contributed by atoms with Gasteiger partial charge in [-0.1, -0.05) is 25.5 Å². The summed E-state index contributed by atoms with van der Waals surface area (Å²) in [5, 5.41) is 0. The van der Waals surface area contributed by atoms with Gasteiger partial charge in [0, 0.05) is 6.42 Å². The van der Waals surface area contributed by atoms with Gasteiger partial charge in [-0.3, -0.25) is 0 Å². The van der Waals surface area contributed by atoms with E-state index in [0.717, 1.165) is 31.6 Å². The summed E-state index contributed by atoms with van der Waals surface area (Å²) in [7, 11) is 0. The molecule has 1 atom stereocenters. The first-order valence-electron chi connectivity index (χ1n) is 5.74. The standard InChI is InChI=1S/C13H18O2/c1-2-3-4-5-7-12-8-10-13(15-12)9-6-11-14-13/h4-5,7-8,10H,2-3,6,9,11H2,1H3/b5-4+,12-7+. The third-order valence-electron chi connectivity index (χ3n) is 2.66. The lowest BCUT2D eigenvalue weighted by Gasteiger charge is -2.20. The van der Waals surface area contributed by atoms with Gasteiger partial charge in [0.1, 0.15) is 5.76 Å². The Balaban J connectivity index is 1.90. The molecular formula is C13H18O2. The second kappa shape index (κ2) is 4.67. The minimum atomic E-state index is -0.426. The monoisotopic (exact) mass is 206 g/mol. The van der Waals surface area contributed by atoms with Crippen LogP contribution in [0, 0.1) is 0 Å². The van der Waals surface area contributed by atoms with E-state index in [0.29, 0.717) is 0 Å². The number of unbranched alkanes of at least 4 members (excludes halogenated alkanes) is 1. The fraction of sp³-hybridized carbons (Fsp3) is 0.538. The summed E-state index contributed by atoms with van der Waals surface area (Å²) < 4.78 is 11.4. The molecule has 2 nitrogen and oxygen atoms in total. The average molecular weight is 206 g/mol. The molecule has 0 aromatic rings. The van der Waals surface area contributed by atoms with Crippen molar-refractivity contribution < 1.29 is 9.47 Å². The number of ether oxygens (including phenoxy) is 2. The van der Waals surface area contributed by atoms with Crippen LogP contribution in [-0.2, 0) is 9.47 Å². The Morgan fingerprint density at radius 1 is 1.53 bits per heavy atom. The lowest BCUT2D eigenvalue weighted by Crippen LogP contribution is -2.24. The van der Waals surface area contributed by atoms with Gasteiger partial charge in [-0.05, 0) is 31.1 Å². The molecule has 2 heterocycles. The molecule has 0 saturated carbocycles. The molecule has 0 bridgehead atoms. The van der Waals surface area contributed by atoms with Gasteiger partial charge in [-0.2, -0.15) is 0 Å². The summed E-state index contributed by atoms with van der Waals surface area (Å²) in [4.78, 5) is 0. The van der Waals surface area contributed by atoms with Crippen LogP contribution in [0.5, 0.6) is 0 Å². The average Bonchev–Trinajstić information content (AvgIpc) is 2.85. The molecule has 1 fully saturated rings. The largest absolute Gasteiger partial charge is 0.459 e. The number of allylic oxidation sites excluding steroid dienone is 4. The first-order chi connectivity index (χ1) is 7.35. The Morgan fingerprint density at radius 2 is 2.47 bits per heavy atom. The van der Waals surface area contributed by atoms with E-state index < -0.39 is 5.79 Å². The Morgan fingerprint density at radius 3 is 3.20 bits per heavy atom. The van der Waals surface area contributed by atoms with E-state index in [1.807, 2.05) is 18.2 Å². The van der Waals surface area contributed by atoms with Gasteiger partial charge in [0.25, 0.3) is 0 Å². The van der Waals surface area contributed by atoms with E-state index in [9.17, 15) is 0 Å².